The number of carbonyl (C=O) groups is 2. The number of likely N-dealkylation sites (tertiary alicyclic amines) is 1. The van der Waals surface area contributed by atoms with Crippen LogP contribution in [0.3, 0.4) is 0 Å². The van der Waals surface area contributed by atoms with Crippen LogP contribution in [0.5, 0.6) is 0 Å². The van der Waals surface area contributed by atoms with Crippen LogP contribution in [0, 0.1) is 5.82 Å². The van der Waals surface area contributed by atoms with E-state index in [1.165, 1.54) is 18.2 Å². The van der Waals surface area contributed by atoms with Gasteiger partial charge in [-0.15, -0.1) is 0 Å². The molecule has 0 spiro atoms. The van der Waals surface area contributed by atoms with Gasteiger partial charge in [0.1, 0.15) is 5.82 Å². The SMILES string of the molecule is CC(C(=O)N1CCC(N(C)C(=O)c2ccc(F)c(CO)c2)C1)c1c(Cl)cccc1Cl. The molecule has 0 radical (unpaired) electrons. The monoisotopic (exact) mass is 452 g/mol. The molecule has 2 atom stereocenters. The van der Waals surface area contributed by atoms with E-state index in [9.17, 15) is 19.1 Å². The largest absolute Gasteiger partial charge is 0.392 e. The number of carbonyl (C=O) groups excluding carboxylic acids is 2. The quantitative estimate of drug-likeness (QED) is 0.742. The number of aliphatic hydroxyl groups is 1. The van der Waals surface area contributed by atoms with Gasteiger partial charge in [0, 0.05) is 46.9 Å². The number of nitrogens with zero attached hydrogens (tertiary/aromatic N) is 2. The average molecular weight is 453 g/mol. The minimum absolute atomic E-state index is 0.0721. The second kappa shape index (κ2) is 9.33. The minimum atomic E-state index is -0.554. The van der Waals surface area contributed by atoms with Crippen molar-refractivity contribution >= 4 is 35.0 Å². The highest BCUT2D eigenvalue weighted by Gasteiger charge is 2.34. The van der Waals surface area contributed by atoms with Crippen LogP contribution in [0.15, 0.2) is 36.4 Å². The predicted molar refractivity (Wildman–Crippen MR) is 114 cm³/mol. The van der Waals surface area contributed by atoms with Crippen LogP contribution in [-0.4, -0.2) is 52.9 Å². The fourth-order valence-corrected chi connectivity index (χ4v) is 4.50. The normalized spacial score (nSPS) is 17.1. The molecule has 8 heteroatoms. The third-order valence-electron chi connectivity index (χ3n) is 5.61. The Morgan fingerprint density at radius 2 is 1.93 bits per heavy atom. The standard InChI is InChI=1S/C22H23Cl2FN2O3/c1-13(20-17(23)4-3-5-18(20)24)21(29)27-9-8-16(11-27)26(2)22(30)14-6-7-19(25)15(10-14)12-28/h3-7,10,13,16,28H,8-9,11-12H2,1-2H3. The lowest BCUT2D eigenvalue weighted by Gasteiger charge is -2.26. The summed E-state index contributed by atoms with van der Waals surface area (Å²) in [5.74, 6) is -1.44. The Balaban J connectivity index is 1.70. The zero-order valence-corrected chi connectivity index (χ0v) is 18.3. The second-order valence-electron chi connectivity index (χ2n) is 7.46. The molecule has 2 amide bonds. The summed E-state index contributed by atoms with van der Waals surface area (Å²) in [7, 11) is 1.66. The second-order valence-corrected chi connectivity index (χ2v) is 8.28. The minimum Gasteiger partial charge on any atom is -0.392 e. The van der Waals surface area contributed by atoms with Crippen LogP contribution in [0.2, 0.25) is 10.0 Å². The van der Waals surface area contributed by atoms with Crippen LogP contribution in [-0.2, 0) is 11.4 Å². The number of hydrogen-bond acceptors (Lipinski definition) is 3. The first-order chi connectivity index (χ1) is 14.2. The molecule has 2 aromatic rings. The highest BCUT2D eigenvalue weighted by molar-refractivity contribution is 6.36. The summed E-state index contributed by atoms with van der Waals surface area (Å²) in [6.45, 7) is 2.19. The molecule has 0 saturated carbocycles. The summed E-state index contributed by atoms with van der Waals surface area (Å²) in [5.41, 5.74) is 0.966. The van der Waals surface area contributed by atoms with Crippen molar-refractivity contribution in [1.29, 1.82) is 0 Å². The smallest absolute Gasteiger partial charge is 0.253 e. The molecule has 2 aromatic carbocycles. The van der Waals surface area contributed by atoms with Gasteiger partial charge >= 0.3 is 0 Å². The molecule has 160 valence electrons. The van der Waals surface area contributed by atoms with Crippen molar-refractivity contribution in [3.8, 4) is 0 Å². The molecular formula is C22H23Cl2FN2O3. The van der Waals surface area contributed by atoms with E-state index in [1.54, 1.807) is 42.0 Å². The maximum absolute atomic E-state index is 13.6. The van der Waals surface area contributed by atoms with Gasteiger partial charge in [0.15, 0.2) is 0 Å². The molecule has 1 saturated heterocycles. The summed E-state index contributed by atoms with van der Waals surface area (Å²) in [6, 6.07) is 8.89. The van der Waals surface area contributed by atoms with Gasteiger partial charge in [0.25, 0.3) is 5.91 Å². The molecule has 2 unspecified atom stereocenters. The Morgan fingerprint density at radius 3 is 2.57 bits per heavy atom. The average Bonchev–Trinajstić information content (AvgIpc) is 3.22. The molecular weight excluding hydrogens is 430 g/mol. The molecule has 0 aliphatic carbocycles. The Hall–Kier alpha value is -2.15. The Bertz CT molecular complexity index is 949. The summed E-state index contributed by atoms with van der Waals surface area (Å²) in [4.78, 5) is 29.1. The molecule has 1 fully saturated rings. The maximum atomic E-state index is 13.6. The number of rotatable bonds is 5. The highest BCUT2D eigenvalue weighted by Crippen LogP contribution is 2.33. The first kappa shape index (κ1) is 22.5. The Labute approximate surface area is 185 Å². The molecule has 1 heterocycles. The number of benzene rings is 2. The van der Waals surface area contributed by atoms with Gasteiger partial charge in [-0.25, -0.2) is 4.39 Å². The summed E-state index contributed by atoms with van der Waals surface area (Å²) >= 11 is 12.5. The number of likely N-dealkylation sites (N-methyl/N-ethyl adjacent to an activating group) is 1. The Kier molecular flexibility index (Phi) is 7.01. The van der Waals surface area contributed by atoms with Crippen LogP contribution in [0.4, 0.5) is 4.39 Å². The highest BCUT2D eigenvalue weighted by atomic mass is 35.5. The Morgan fingerprint density at radius 1 is 1.27 bits per heavy atom. The summed E-state index contributed by atoms with van der Waals surface area (Å²) < 4.78 is 13.6. The van der Waals surface area contributed by atoms with E-state index in [4.69, 9.17) is 23.2 Å². The number of halogens is 3. The zero-order chi connectivity index (χ0) is 22.0. The van der Waals surface area contributed by atoms with Crippen molar-refractivity contribution in [3.05, 3.63) is 69.0 Å². The third-order valence-corrected chi connectivity index (χ3v) is 6.27. The molecule has 1 aliphatic heterocycles. The van der Waals surface area contributed by atoms with Crippen molar-refractivity contribution in [2.45, 2.75) is 31.9 Å². The van der Waals surface area contributed by atoms with Gasteiger partial charge in [-0.05, 0) is 43.7 Å². The molecule has 3 rings (SSSR count). The van der Waals surface area contributed by atoms with Gasteiger partial charge in [0.05, 0.1) is 18.6 Å². The van der Waals surface area contributed by atoms with Crippen molar-refractivity contribution in [2.75, 3.05) is 20.1 Å². The molecule has 0 bridgehead atoms. The van der Waals surface area contributed by atoms with Crippen LogP contribution < -0.4 is 0 Å². The maximum Gasteiger partial charge on any atom is 0.253 e. The fourth-order valence-electron chi connectivity index (χ4n) is 3.78. The van der Waals surface area contributed by atoms with E-state index >= 15 is 0 Å². The van der Waals surface area contributed by atoms with E-state index < -0.39 is 18.3 Å². The van der Waals surface area contributed by atoms with E-state index in [0.29, 0.717) is 40.7 Å². The molecule has 0 aromatic heterocycles. The first-order valence-corrected chi connectivity index (χ1v) is 10.4. The topological polar surface area (TPSA) is 60.9 Å². The van der Waals surface area contributed by atoms with E-state index in [0.717, 1.165) is 0 Å². The first-order valence-electron chi connectivity index (χ1n) is 9.63. The number of aliphatic hydroxyl groups excluding tert-OH is 1. The zero-order valence-electron chi connectivity index (χ0n) is 16.7. The molecule has 30 heavy (non-hydrogen) atoms. The van der Waals surface area contributed by atoms with Crippen molar-refractivity contribution in [1.82, 2.24) is 9.80 Å². The van der Waals surface area contributed by atoms with Crippen LogP contribution >= 0.6 is 23.2 Å². The number of hydrogen-bond donors (Lipinski definition) is 1. The summed E-state index contributed by atoms with van der Waals surface area (Å²) in [6.07, 6.45) is 0.630. The van der Waals surface area contributed by atoms with Gasteiger partial charge in [-0.2, -0.15) is 0 Å². The van der Waals surface area contributed by atoms with Crippen molar-refractivity contribution in [2.24, 2.45) is 0 Å². The van der Waals surface area contributed by atoms with Crippen molar-refractivity contribution in [3.63, 3.8) is 0 Å². The molecule has 5 nitrogen and oxygen atoms in total. The predicted octanol–water partition coefficient (Wildman–Crippen LogP) is 4.10. The van der Waals surface area contributed by atoms with Gasteiger partial charge < -0.3 is 14.9 Å². The molecule has 1 N–H and O–H groups in total. The summed E-state index contributed by atoms with van der Waals surface area (Å²) in [5, 5.41) is 10.1. The van der Waals surface area contributed by atoms with Gasteiger partial charge in [-0.1, -0.05) is 29.3 Å². The lowest BCUT2D eigenvalue weighted by molar-refractivity contribution is -0.131. The van der Waals surface area contributed by atoms with E-state index in [2.05, 4.69) is 0 Å². The third kappa shape index (κ3) is 4.46. The van der Waals surface area contributed by atoms with Crippen molar-refractivity contribution < 1.29 is 19.1 Å². The van der Waals surface area contributed by atoms with Crippen LogP contribution in [0.25, 0.3) is 0 Å². The fraction of sp³-hybridized carbons (Fsp3) is 0.364. The number of amides is 2. The van der Waals surface area contributed by atoms with E-state index in [1.807, 2.05) is 0 Å². The lowest BCUT2D eigenvalue weighted by atomic mass is 9.99. The van der Waals surface area contributed by atoms with Gasteiger partial charge in [0.2, 0.25) is 5.91 Å². The van der Waals surface area contributed by atoms with E-state index in [-0.39, 0.29) is 23.4 Å². The van der Waals surface area contributed by atoms with Crippen LogP contribution in [0.1, 0.15) is 40.7 Å². The van der Waals surface area contributed by atoms with Gasteiger partial charge in [-0.3, -0.25) is 9.59 Å². The lowest BCUT2D eigenvalue weighted by Crippen LogP contribution is -2.40. The molecule has 1 aliphatic rings.